The van der Waals surface area contributed by atoms with Crippen molar-refractivity contribution in [2.24, 2.45) is 0 Å². The molecule has 0 aliphatic carbocycles. The summed E-state index contributed by atoms with van der Waals surface area (Å²) in [5.74, 6) is 0. The molecule has 0 bridgehead atoms. The molecule has 2 saturated heterocycles. The number of rotatable bonds is 5. The Morgan fingerprint density at radius 1 is 0.958 bits per heavy atom. The maximum absolute atomic E-state index is 6.11. The van der Waals surface area contributed by atoms with Crippen LogP contribution in [0.3, 0.4) is 0 Å². The smallest absolute Gasteiger partial charge is 0.399 e. The lowest BCUT2D eigenvalue weighted by Gasteiger charge is -2.32. The van der Waals surface area contributed by atoms with Crippen molar-refractivity contribution in [3.8, 4) is 0 Å². The number of nitrogens with zero attached hydrogens (tertiary/aromatic N) is 1. The van der Waals surface area contributed by atoms with E-state index in [0.717, 1.165) is 44.7 Å². The number of hydrogen-bond acceptors (Lipinski definition) is 4. The third kappa shape index (κ3) is 4.02. The molecule has 1 aromatic rings. The first-order valence-electron chi connectivity index (χ1n) is 9.12. The van der Waals surface area contributed by atoms with Gasteiger partial charge in [0.15, 0.2) is 0 Å². The predicted molar refractivity (Wildman–Crippen MR) is 97.7 cm³/mol. The molecule has 2 heterocycles. The van der Waals surface area contributed by atoms with Gasteiger partial charge in [-0.15, -0.1) is 0 Å². The minimum absolute atomic E-state index is 0.266. The van der Waals surface area contributed by atoms with Crippen LogP contribution in [0.4, 0.5) is 0 Å². The van der Waals surface area contributed by atoms with Crippen molar-refractivity contribution in [2.75, 3.05) is 32.8 Å². The SMILES string of the molecule is CC1(C)OB(c2ccc(CCCN3CCOCC3)cc2)OC1(C)C. The largest absolute Gasteiger partial charge is 0.494 e. The number of aryl methyl sites for hydroxylation is 1. The maximum Gasteiger partial charge on any atom is 0.494 e. The predicted octanol–water partition coefficient (Wildman–Crippen LogP) is 2.25. The van der Waals surface area contributed by atoms with Crippen LogP contribution in [0.1, 0.15) is 39.7 Å². The van der Waals surface area contributed by atoms with E-state index in [0.29, 0.717) is 0 Å². The lowest BCUT2D eigenvalue weighted by atomic mass is 9.78. The fourth-order valence-electron chi connectivity index (χ4n) is 3.15. The Bertz CT molecular complexity index is 522. The fraction of sp³-hybridized carbons (Fsp3) is 0.684. The Labute approximate surface area is 146 Å². The molecule has 5 heteroatoms. The van der Waals surface area contributed by atoms with Crippen LogP contribution in [-0.4, -0.2) is 56.1 Å². The van der Waals surface area contributed by atoms with E-state index in [1.54, 1.807) is 0 Å². The van der Waals surface area contributed by atoms with E-state index in [2.05, 4.69) is 56.9 Å². The number of morpholine rings is 1. The summed E-state index contributed by atoms with van der Waals surface area (Å²) < 4.78 is 17.6. The standard InChI is InChI=1S/C19H30BNO3/c1-18(2)19(3,4)24-20(23-18)17-9-7-16(8-10-17)6-5-11-21-12-14-22-15-13-21/h7-10H,5-6,11-15H2,1-4H3. The summed E-state index contributed by atoms with van der Waals surface area (Å²) in [5.41, 5.74) is 1.91. The zero-order valence-electron chi connectivity index (χ0n) is 15.5. The molecule has 0 unspecified atom stereocenters. The molecule has 2 aliphatic heterocycles. The van der Waals surface area contributed by atoms with Gasteiger partial charge < -0.3 is 14.0 Å². The lowest BCUT2D eigenvalue weighted by Crippen LogP contribution is -2.41. The summed E-state index contributed by atoms with van der Waals surface area (Å²) in [5, 5.41) is 0. The molecule has 24 heavy (non-hydrogen) atoms. The molecule has 0 N–H and O–H groups in total. The quantitative estimate of drug-likeness (QED) is 0.775. The Balaban J connectivity index is 1.50. The van der Waals surface area contributed by atoms with E-state index in [9.17, 15) is 0 Å². The fourth-order valence-corrected chi connectivity index (χ4v) is 3.15. The molecule has 132 valence electrons. The minimum atomic E-state index is -0.283. The summed E-state index contributed by atoms with van der Waals surface area (Å²) in [4.78, 5) is 2.49. The van der Waals surface area contributed by atoms with Crippen molar-refractivity contribution in [1.29, 1.82) is 0 Å². The molecular weight excluding hydrogens is 301 g/mol. The van der Waals surface area contributed by atoms with Crippen molar-refractivity contribution < 1.29 is 14.0 Å². The normalized spacial score (nSPS) is 23.6. The van der Waals surface area contributed by atoms with Gasteiger partial charge in [-0.25, -0.2) is 0 Å². The molecule has 3 rings (SSSR count). The zero-order valence-corrected chi connectivity index (χ0v) is 15.5. The molecule has 2 fully saturated rings. The first-order chi connectivity index (χ1) is 11.4. The van der Waals surface area contributed by atoms with E-state index in [1.165, 1.54) is 12.0 Å². The molecule has 0 atom stereocenters. The van der Waals surface area contributed by atoms with E-state index >= 15 is 0 Å². The summed E-state index contributed by atoms with van der Waals surface area (Å²) in [6, 6.07) is 8.71. The van der Waals surface area contributed by atoms with Crippen LogP contribution >= 0.6 is 0 Å². The van der Waals surface area contributed by atoms with Crippen molar-refractivity contribution in [2.45, 2.75) is 51.7 Å². The van der Waals surface area contributed by atoms with Crippen LogP contribution in [0.2, 0.25) is 0 Å². The van der Waals surface area contributed by atoms with Gasteiger partial charge in [0.05, 0.1) is 24.4 Å². The molecule has 0 saturated carbocycles. The van der Waals surface area contributed by atoms with E-state index in [-0.39, 0.29) is 18.3 Å². The van der Waals surface area contributed by atoms with Crippen LogP contribution in [-0.2, 0) is 20.5 Å². The second-order valence-corrected chi connectivity index (χ2v) is 7.89. The molecule has 0 amide bonds. The van der Waals surface area contributed by atoms with Gasteiger partial charge >= 0.3 is 7.12 Å². The second kappa shape index (κ2) is 7.16. The molecule has 0 radical (unpaired) electrons. The zero-order chi connectivity index (χ0) is 17.2. The Morgan fingerprint density at radius 2 is 1.54 bits per heavy atom. The molecule has 1 aromatic carbocycles. The highest BCUT2D eigenvalue weighted by molar-refractivity contribution is 6.62. The van der Waals surface area contributed by atoms with Gasteiger partial charge in [-0.05, 0) is 58.1 Å². The van der Waals surface area contributed by atoms with Gasteiger partial charge in [0.25, 0.3) is 0 Å². The summed E-state index contributed by atoms with van der Waals surface area (Å²) in [7, 11) is -0.266. The van der Waals surface area contributed by atoms with Crippen molar-refractivity contribution in [3.63, 3.8) is 0 Å². The van der Waals surface area contributed by atoms with Crippen LogP contribution in [0.25, 0.3) is 0 Å². The van der Waals surface area contributed by atoms with Crippen LogP contribution < -0.4 is 5.46 Å². The molecule has 0 aromatic heterocycles. The Kier molecular flexibility index (Phi) is 5.35. The average Bonchev–Trinajstić information content (AvgIpc) is 2.77. The first kappa shape index (κ1) is 17.9. The average molecular weight is 331 g/mol. The lowest BCUT2D eigenvalue weighted by molar-refractivity contribution is 0.00578. The maximum atomic E-state index is 6.11. The van der Waals surface area contributed by atoms with E-state index in [1.807, 2.05) is 0 Å². The Hall–Kier alpha value is -0.875. The van der Waals surface area contributed by atoms with Gasteiger partial charge in [0.2, 0.25) is 0 Å². The number of hydrogen-bond donors (Lipinski definition) is 0. The summed E-state index contributed by atoms with van der Waals surface area (Å²) >= 11 is 0. The summed E-state index contributed by atoms with van der Waals surface area (Å²) in [6.07, 6.45) is 2.30. The molecule has 2 aliphatic rings. The van der Waals surface area contributed by atoms with Gasteiger partial charge in [0.1, 0.15) is 0 Å². The van der Waals surface area contributed by atoms with Crippen LogP contribution in [0.5, 0.6) is 0 Å². The van der Waals surface area contributed by atoms with Crippen LogP contribution in [0, 0.1) is 0 Å². The highest BCUT2D eigenvalue weighted by Crippen LogP contribution is 2.36. The third-order valence-electron chi connectivity index (χ3n) is 5.55. The van der Waals surface area contributed by atoms with E-state index < -0.39 is 0 Å². The van der Waals surface area contributed by atoms with Gasteiger partial charge in [-0.1, -0.05) is 24.3 Å². The second-order valence-electron chi connectivity index (χ2n) is 7.89. The molecular formula is C19H30BNO3. The van der Waals surface area contributed by atoms with Crippen molar-refractivity contribution in [3.05, 3.63) is 29.8 Å². The monoisotopic (exact) mass is 331 g/mol. The van der Waals surface area contributed by atoms with Gasteiger partial charge in [0, 0.05) is 13.1 Å². The van der Waals surface area contributed by atoms with Gasteiger partial charge in [-0.3, -0.25) is 4.90 Å². The van der Waals surface area contributed by atoms with Crippen molar-refractivity contribution >= 4 is 12.6 Å². The topological polar surface area (TPSA) is 30.9 Å². The summed E-state index contributed by atoms with van der Waals surface area (Å²) in [6.45, 7) is 13.4. The Morgan fingerprint density at radius 3 is 2.12 bits per heavy atom. The number of benzene rings is 1. The third-order valence-corrected chi connectivity index (χ3v) is 5.55. The van der Waals surface area contributed by atoms with Gasteiger partial charge in [-0.2, -0.15) is 0 Å². The van der Waals surface area contributed by atoms with Crippen molar-refractivity contribution in [1.82, 2.24) is 4.90 Å². The minimum Gasteiger partial charge on any atom is -0.399 e. The van der Waals surface area contributed by atoms with E-state index in [4.69, 9.17) is 14.0 Å². The first-order valence-corrected chi connectivity index (χ1v) is 9.12. The highest BCUT2D eigenvalue weighted by atomic mass is 16.7. The van der Waals surface area contributed by atoms with Crippen LogP contribution in [0.15, 0.2) is 24.3 Å². The number of ether oxygens (including phenoxy) is 1. The highest BCUT2D eigenvalue weighted by Gasteiger charge is 2.51. The molecule has 0 spiro atoms. The molecule has 4 nitrogen and oxygen atoms in total.